The molecule has 0 radical (unpaired) electrons. The van der Waals surface area contributed by atoms with Crippen molar-refractivity contribution in [2.45, 2.75) is 51.7 Å². The monoisotopic (exact) mass is 611 g/mol. The molecule has 1 aliphatic heterocycles. The van der Waals surface area contributed by atoms with Crippen molar-refractivity contribution < 1.29 is 36.7 Å². The van der Waals surface area contributed by atoms with Gasteiger partial charge in [0.15, 0.2) is 0 Å². The fraction of sp³-hybridized carbons (Fsp3) is 0.607. The predicted octanol–water partition coefficient (Wildman–Crippen LogP) is 4.91. The van der Waals surface area contributed by atoms with E-state index in [4.69, 9.17) is 33.3 Å². The third-order valence-corrected chi connectivity index (χ3v) is 8.32. The number of hydrogen-bond donors (Lipinski definition) is 1. The van der Waals surface area contributed by atoms with Gasteiger partial charge in [0, 0.05) is 37.8 Å². The zero-order valence-electron chi connectivity index (χ0n) is 24.4. The van der Waals surface area contributed by atoms with Crippen LogP contribution in [0, 0.1) is 5.92 Å². The molecule has 3 aromatic rings. The molecule has 11 nitrogen and oxygen atoms in total. The Hall–Kier alpha value is -2.58. The topological polar surface area (TPSA) is 121 Å². The van der Waals surface area contributed by atoms with Gasteiger partial charge < -0.3 is 28.6 Å². The average Bonchev–Trinajstić information content (AvgIpc) is 3.49. The van der Waals surface area contributed by atoms with Gasteiger partial charge in [0.25, 0.3) is 16.0 Å². The van der Waals surface area contributed by atoms with E-state index in [1.165, 1.54) is 19.3 Å². The van der Waals surface area contributed by atoms with Gasteiger partial charge in [-0.25, -0.2) is 4.52 Å². The first-order valence-electron chi connectivity index (χ1n) is 13.8. The summed E-state index contributed by atoms with van der Waals surface area (Å²) in [5.74, 6) is 2.86. The molecule has 1 N–H and O–H groups in total. The summed E-state index contributed by atoms with van der Waals surface area (Å²) in [5, 5.41) is 7.09. The molecule has 2 aliphatic rings. The zero-order valence-corrected chi connectivity index (χ0v) is 26.1. The Morgan fingerprint density at radius 2 is 1.73 bits per heavy atom. The minimum Gasteiger partial charge on any atom is -0.496 e. The second-order valence-corrected chi connectivity index (χ2v) is 12.6. The first kappa shape index (κ1) is 31.4. The van der Waals surface area contributed by atoms with Gasteiger partial charge in [-0.2, -0.15) is 8.42 Å². The number of thiazole rings is 1. The van der Waals surface area contributed by atoms with Gasteiger partial charge in [0.2, 0.25) is 0 Å². The van der Waals surface area contributed by atoms with E-state index in [1.54, 1.807) is 32.7 Å². The Morgan fingerprint density at radius 1 is 1.10 bits per heavy atom. The molecule has 0 spiro atoms. The van der Waals surface area contributed by atoms with Gasteiger partial charge in [0.05, 0.1) is 45.4 Å². The molecule has 1 saturated carbocycles. The van der Waals surface area contributed by atoms with Crippen LogP contribution in [0.5, 0.6) is 17.4 Å². The van der Waals surface area contributed by atoms with E-state index in [1.807, 2.05) is 23.6 Å². The number of benzene rings is 1. The zero-order chi connectivity index (χ0) is 29.6. The molecule has 0 bridgehead atoms. The Morgan fingerprint density at radius 3 is 2.24 bits per heavy atom. The molecular formula is C28H41N3O8S2. The van der Waals surface area contributed by atoms with Crippen LogP contribution in [0.1, 0.15) is 44.6 Å². The summed E-state index contributed by atoms with van der Waals surface area (Å²) < 4.78 is 56.7. The van der Waals surface area contributed by atoms with Crippen LogP contribution in [0.25, 0.3) is 16.1 Å². The minimum absolute atomic E-state index is 0.425. The maximum absolute atomic E-state index is 9.19. The number of rotatable bonds is 11. The van der Waals surface area contributed by atoms with E-state index in [-0.39, 0.29) is 0 Å². The predicted molar refractivity (Wildman–Crippen MR) is 159 cm³/mol. The molecule has 1 aromatic carbocycles. The summed E-state index contributed by atoms with van der Waals surface area (Å²) in [5.41, 5.74) is 3.90. The third-order valence-electron chi connectivity index (χ3n) is 7.39. The van der Waals surface area contributed by atoms with Crippen molar-refractivity contribution in [1.29, 1.82) is 0 Å². The molecule has 2 aromatic heterocycles. The molecule has 228 valence electrons. The number of fused-ring (bicyclic) bond motifs is 1. The van der Waals surface area contributed by atoms with Gasteiger partial charge in [-0.3, -0.25) is 4.55 Å². The van der Waals surface area contributed by atoms with Crippen LogP contribution in [0.2, 0.25) is 0 Å². The van der Waals surface area contributed by atoms with E-state index >= 15 is 0 Å². The summed E-state index contributed by atoms with van der Waals surface area (Å²) in [7, 11) is 1.42. The molecule has 2 fully saturated rings. The summed E-state index contributed by atoms with van der Waals surface area (Å²) in [6, 6.07) is 4.46. The summed E-state index contributed by atoms with van der Waals surface area (Å²) in [4.78, 5) is 3.64. The summed E-state index contributed by atoms with van der Waals surface area (Å²) >= 11 is 1.68. The molecular weight excluding hydrogens is 570 g/mol. The lowest BCUT2D eigenvalue weighted by atomic mass is 9.84. The lowest BCUT2D eigenvalue weighted by Crippen LogP contribution is -2.43. The van der Waals surface area contributed by atoms with Crippen molar-refractivity contribution in [3.8, 4) is 28.6 Å². The lowest BCUT2D eigenvalue weighted by molar-refractivity contribution is 0.0828. The molecule has 0 atom stereocenters. The summed E-state index contributed by atoms with van der Waals surface area (Å²) in [6.45, 7) is 5.78. The maximum Gasteiger partial charge on any atom is 0.261 e. The number of ether oxygens (including phenoxy) is 5. The first-order chi connectivity index (χ1) is 19.7. The number of nitrogens with zero attached hydrogens (tertiary/aromatic N) is 3. The molecule has 1 saturated heterocycles. The summed E-state index contributed by atoms with van der Waals surface area (Å²) in [6.07, 6.45) is 6.68. The van der Waals surface area contributed by atoms with Gasteiger partial charge in [-0.15, -0.1) is 16.4 Å². The Bertz CT molecular complexity index is 1360. The number of hydrogen-bond acceptors (Lipinski definition) is 10. The van der Waals surface area contributed by atoms with Gasteiger partial charge in [0.1, 0.15) is 22.0 Å². The highest BCUT2D eigenvalue weighted by Gasteiger charge is 2.33. The number of anilines is 1. The Kier molecular flexibility index (Phi) is 10.8. The van der Waals surface area contributed by atoms with Gasteiger partial charge in [-0.05, 0) is 56.2 Å². The van der Waals surface area contributed by atoms with E-state index in [2.05, 4.69) is 10.3 Å². The van der Waals surface area contributed by atoms with Crippen molar-refractivity contribution in [1.82, 2.24) is 9.61 Å². The van der Waals surface area contributed by atoms with Crippen LogP contribution in [0.15, 0.2) is 17.5 Å². The largest absolute Gasteiger partial charge is 0.496 e. The molecule has 0 unspecified atom stereocenters. The highest BCUT2D eigenvalue weighted by atomic mass is 32.2. The van der Waals surface area contributed by atoms with E-state index in [0.717, 1.165) is 77.4 Å². The quantitative estimate of drug-likeness (QED) is 0.299. The second-order valence-electron chi connectivity index (χ2n) is 10.2. The van der Waals surface area contributed by atoms with Crippen LogP contribution < -0.4 is 19.1 Å². The van der Waals surface area contributed by atoms with Crippen molar-refractivity contribution in [2.75, 3.05) is 58.9 Å². The fourth-order valence-corrected chi connectivity index (χ4v) is 6.25. The normalized spacial score (nSPS) is 16.1. The molecule has 5 rings (SSSR count). The van der Waals surface area contributed by atoms with E-state index in [0.29, 0.717) is 31.4 Å². The highest BCUT2D eigenvalue weighted by Crippen LogP contribution is 2.46. The molecule has 41 heavy (non-hydrogen) atoms. The number of methoxy groups -OCH3 is 3. The third kappa shape index (κ3) is 7.63. The molecule has 3 heterocycles. The highest BCUT2D eigenvalue weighted by molar-refractivity contribution is 7.85. The van der Waals surface area contributed by atoms with Crippen LogP contribution in [-0.2, 0) is 26.2 Å². The van der Waals surface area contributed by atoms with Crippen LogP contribution in [0.3, 0.4) is 0 Å². The minimum atomic E-state index is -3.67. The second kappa shape index (κ2) is 14.1. The Balaban J connectivity index is 0.000000714. The van der Waals surface area contributed by atoms with Crippen LogP contribution in [-0.4, -0.2) is 82.6 Å². The maximum atomic E-state index is 9.19. The van der Waals surface area contributed by atoms with Crippen molar-refractivity contribution >= 4 is 32.0 Å². The molecule has 1 aliphatic carbocycles. The van der Waals surface area contributed by atoms with Gasteiger partial charge >= 0.3 is 0 Å². The van der Waals surface area contributed by atoms with E-state index in [9.17, 15) is 8.42 Å². The SMILES string of the molecule is CCOCc1cc(OC)c(-c2csc3c(N(CC4CCC4)C4CCOCC4)c(OC)nn23)c(OC)c1.CS(=O)(=O)O. The first-order valence-corrected chi connectivity index (χ1v) is 16.5. The number of aromatic nitrogens is 2. The van der Waals surface area contributed by atoms with Gasteiger partial charge in [-0.1, -0.05) is 6.42 Å². The standard InChI is InChI=1S/C27H37N3O5S.CH4O3S/c1-5-34-16-19-13-22(31-2)24(23(14-19)32-3)21-17-36-27-25(26(33-4)28-30(21)27)29(15-18-7-6-8-18)20-9-11-35-12-10-20;1-5(2,3)4/h13-14,17-18,20H,5-12,15-16H2,1-4H3;1H3,(H,2,3,4). The average molecular weight is 612 g/mol. The van der Waals surface area contributed by atoms with Crippen molar-refractivity contribution in [3.63, 3.8) is 0 Å². The molecule has 13 heteroatoms. The fourth-order valence-electron chi connectivity index (χ4n) is 5.25. The van der Waals surface area contributed by atoms with Crippen LogP contribution >= 0.6 is 11.3 Å². The lowest BCUT2D eigenvalue weighted by Gasteiger charge is -2.40. The van der Waals surface area contributed by atoms with E-state index < -0.39 is 10.1 Å². The van der Waals surface area contributed by atoms with Crippen molar-refractivity contribution in [2.24, 2.45) is 5.92 Å². The smallest absolute Gasteiger partial charge is 0.261 e. The van der Waals surface area contributed by atoms with Crippen molar-refractivity contribution in [3.05, 3.63) is 23.1 Å². The Labute approximate surface area is 246 Å². The molecule has 0 amide bonds. The van der Waals surface area contributed by atoms with Crippen LogP contribution in [0.4, 0.5) is 5.69 Å².